The molecule has 0 saturated heterocycles. The Bertz CT molecular complexity index is 1520. The lowest BCUT2D eigenvalue weighted by Gasteiger charge is -2.24. The minimum atomic E-state index is -0.829. The van der Waals surface area contributed by atoms with Gasteiger partial charge in [-0.15, -0.1) is 0 Å². The predicted octanol–water partition coefficient (Wildman–Crippen LogP) is 5.26. The summed E-state index contributed by atoms with van der Waals surface area (Å²) in [5.74, 6) is 0.384. The third-order valence-electron chi connectivity index (χ3n) is 7.44. The fraction of sp³-hybridized carbons (Fsp3) is 0.394. The molecule has 0 bridgehead atoms. The summed E-state index contributed by atoms with van der Waals surface area (Å²) >= 11 is 0. The van der Waals surface area contributed by atoms with Gasteiger partial charge < -0.3 is 20.7 Å². The van der Waals surface area contributed by atoms with E-state index in [0.717, 1.165) is 33.4 Å². The molecule has 5 rings (SSSR count). The zero-order valence-corrected chi connectivity index (χ0v) is 25.7. The van der Waals surface area contributed by atoms with Gasteiger partial charge in [0.25, 0.3) is 0 Å². The minimum absolute atomic E-state index is 0.0365. The zero-order chi connectivity index (χ0) is 31.4. The Morgan fingerprint density at radius 3 is 2.44 bits per heavy atom. The van der Waals surface area contributed by atoms with E-state index in [4.69, 9.17) is 4.74 Å². The van der Waals surface area contributed by atoms with Crippen molar-refractivity contribution in [3.63, 3.8) is 0 Å². The fourth-order valence-corrected chi connectivity index (χ4v) is 5.51. The molecule has 2 aromatic carbocycles. The van der Waals surface area contributed by atoms with Gasteiger partial charge in [-0.05, 0) is 80.5 Å². The van der Waals surface area contributed by atoms with Crippen molar-refractivity contribution in [3.8, 4) is 0 Å². The maximum atomic E-state index is 13.0. The molecule has 43 heavy (non-hydrogen) atoms. The van der Waals surface area contributed by atoms with Crippen molar-refractivity contribution >= 4 is 29.4 Å². The highest BCUT2D eigenvalue weighted by Crippen LogP contribution is 2.47. The van der Waals surface area contributed by atoms with Gasteiger partial charge in [0.1, 0.15) is 11.4 Å². The van der Waals surface area contributed by atoms with Gasteiger partial charge in [0.15, 0.2) is 0 Å². The Balaban J connectivity index is 0.00000207. The summed E-state index contributed by atoms with van der Waals surface area (Å²) in [7, 11) is 0. The van der Waals surface area contributed by atoms with Crippen LogP contribution in [-0.2, 0) is 45.7 Å². The van der Waals surface area contributed by atoms with Gasteiger partial charge in [-0.1, -0.05) is 50.2 Å². The molecule has 228 valence electrons. The number of hydroxylamine groups is 2. The molecule has 2 heterocycles. The van der Waals surface area contributed by atoms with Crippen molar-refractivity contribution in [2.75, 3.05) is 17.2 Å². The highest BCUT2D eigenvalue weighted by atomic mass is 16.6. The van der Waals surface area contributed by atoms with Crippen LogP contribution >= 0.6 is 0 Å². The lowest BCUT2D eigenvalue weighted by Crippen LogP contribution is -2.35. The van der Waals surface area contributed by atoms with E-state index in [1.54, 1.807) is 27.0 Å². The van der Waals surface area contributed by atoms with E-state index >= 15 is 0 Å². The second-order valence-corrected chi connectivity index (χ2v) is 11.7. The molecule has 1 atom stereocenters. The number of nitrogens with one attached hydrogen (secondary N) is 3. The smallest absolute Gasteiger partial charge is 0.434 e. The molecule has 3 amide bonds. The number of nitrogens with zero attached hydrogens (tertiary/aromatic N) is 2. The zero-order valence-electron chi connectivity index (χ0n) is 25.7. The van der Waals surface area contributed by atoms with E-state index in [0.29, 0.717) is 36.0 Å². The summed E-state index contributed by atoms with van der Waals surface area (Å²) in [6, 6.07) is 15.2. The minimum Gasteiger partial charge on any atom is -0.442 e. The van der Waals surface area contributed by atoms with Crippen molar-refractivity contribution < 1.29 is 24.3 Å². The first-order chi connectivity index (χ1) is 20.4. The average molecular weight is 588 g/mol. The number of anilines is 2. The Morgan fingerprint density at radius 2 is 1.74 bits per heavy atom. The Morgan fingerprint density at radius 1 is 1.07 bits per heavy atom. The van der Waals surface area contributed by atoms with Crippen molar-refractivity contribution in [2.45, 2.75) is 78.5 Å². The number of fused-ring (bicyclic) bond motifs is 3. The van der Waals surface area contributed by atoms with Crippen LogP contribution in [0, 0.1) is 6.92 Å². The molecule has 0 radical (unpaired) electrons. The lowest BCUT2D eigenvalue weighted by molar-refractivity contribution is -0.120. The van der Waals surface area contributed by atoms with E-state index in [1.165, 1.54) is 0 Å². The van der Waals surface area contributed by atoms with Gasteiger partial charge in [-0.25, -0.2) is 9.78 Å². The van der Waals surface area contributed by atoms with Gasteiger partial charge in [-0.3, -0.25) is 14.8 Å². The van der Waals surface area contributed by atoms with Crippen LogP contribution in [0.15, 0.2) is 54.7 Å². The quantitative estimate of drug-likeness (QED) is 0.219. The molecule has 1 aliphatic carbocycles. The summed E-state index contributed by atoms with van der Waals surface area (Å²) < 4.78 is 5.21. The van der Waals surface area contributed by atoms with E-state index in [1.807, 2.05) is 63.2 Å². The van der Waals surface area contributed by atoms with Gasteiger partial charge in [0, 0.05) is 24.0 Å². The van der Waals surface area contributed by atoms with Gasteiger partial charge in [0.2, 0.25) is 11.8 Å². The molecule has 4 N–H and O–H groups in total. The maximum Gasteiger partial charge on any atom is 0.434 e. The van der Waals surface area contributed by atoms with Crippen LogP contribution in [0.4, 0.5) is 16.3 Å². The number of aryl methyl sites for hydroxylation is 1. The molecular weight excluding hydrogens is 546 g/mol. The summed E-state index contributed by atoms with van der Waals surface area (Å²) in [5.41, 5.74) is 4.88. The first kappa shape index (κ1) is 31.7. The summed E-state index contributed by atoms with van der Waals surface area (Å²) in [6.45, 7) is 11.5. The largest absolute Gasteiger partial charge is 0.442 e. The second-order valence-electron chi connectivity index (χ2n) is 11.7. The summed E-state index contributed by atoms with van der Waals surface area (Å²) in [4.78, 5) is 42.3. The van der Waals surface area contributed by atoms with Crippen LogP contribution < -0.4 is 16.0 Å². The normalized spacial score (nSPS) is 16.5. The number of pyridine rings is 1. The van der Waals surface area contributed by atoms with Crippen LogP contribution in [0.25, 0.3) is 0 Å². The number of rotatable bonds is 7. The molecule has 0 fully saturated rings. The number of hydrogen-bond acceptors (Lipinski definition) is 7. The van der Waals surface area contributed by atoms with Crippen molar-refractivity contribution in [2.24, 2.45) is 0 Å². The van der Waals surface area contributed by atoms with E-state index in [2.05, 4.69) is 27.0 Å². The highest BCUT2D eigenvalue weighted by Gasteiger charge is 2.51. The topological polar surface area (TPSA) is 133 Å². The third-order valence-corrected chi connectivity index (χ3v) is 7.44. The lowest BCUT2D eigenvalue weighted by atomic mass is 9.79. The van der Waals surface area contributed by atoms with Crippen LogP contribution in [0.3, 0.4) is 0 Å². The number of hydrogen-bond donors (Lipinski definition) is 4. The number of ether oxygens (including phenoxy) is 1. The predicted molar refractivity (Wildman–Crippen MR) is 165 cm³/mol. The van der Waals surface area contributed by atoms with Crippen molar-refractivity contribution in [3.05, 3.63) is 88.1 Å². The van der Waals surface area contributed by atoms with Crippen LogP contribution in [0.2, 0.25) is 0 Å². The molecule has 1 spiro atoms. The van der Waals surface area contributed by atoms with Crippen molar-refractivity contribution in [1.29, 1.82) is 0 Å². The Kier molecular flexibility index (Phi) is 9.52. The number of carbonyl (C=O) groups is 3. The summed E-state index contributed by atoms with van der Waals surface area (Å²) in [5, 5.41) is 19.8. The molecule has 10 nitrogen and oxygen atoms in total. The SMILES string of the molecule is CC.Cc1cc2c(cc1NC(=O)CNCc1ccccc1CN(O)C(=O)OC(C)(C)C)CC1(C2)C(=O)Nc2ncccc21. The number of amides is 3. The first-order valence-electron chi connectivity index (χ1n) is 14.6. The highest BCUT2D eigenvalue weighted by molar-refractivity contribution is 6.06. The fourth-order valence-electron chi connectivity index (χ4n) is 5.51. The monoisotopic (exact) mass is 587 g/mol. The molecule has 3 aromatic rings. The Hall–Kier alpha value is -4.28. The molecule has 0 saturated carbocycles. The first-order valence-corrected chi connectivity index (χ1v) is 14.6. The van der Waals surface area contributed by atoms with Crippen molar-refractivity contribution in [1.82, 2.24) is 15.4 Å². The molecule has 1 aromatic heterocycles. The standard InChI is InChI=1S/C31H35N5O5.C2H6/c1-19-12-22-14-31(24-10-7-11-33-27(24)35-28(31)38)15-23(22)13-25(19)34-26(37)17-32-16-20-8-5-6-9-21(20)18-36(40)29(39)41-30(2,3)4;1-2/h5-13,32,40H,14-18H2,1-4H3,(H,34,37)(H,33,35,38);1-2H3. The number of carbonyl (C=O) groups excluding carboxylic acids is 3. The average Bonchev–Trinajstić information content (AvgIpc) is 3.46. The van der Waals surface area contributed by atoms with Crippen LogP contribution in [0.5, 0.6) is 0 Å². The molecule has 1 unspecified atom stereocenters. The van der Waals surface area contributed by atoms with Crippen LogP contribution in [-0.4, -0.2) is 45.3 Å². The third kappa shape index (κ3) is 7.03. The Labute approximate surface area is 252 Å². The van der Waals surface area contributed by atoms with E-state index < -0.39 is 17.1 Å². The molecule has 10 heteroatoms. The van der Waals surface area contributed by atoms with Gasteiger partial charge >= 0.3 is 6.09 Å². The van der Waals surface area contributed by atoms with Gasteiger partial charge in [-0.2, -0.15) is 5.06 Å². The molecule has 1 aliphatic heterocycles. The molecule has 2 aliphatic rings. The van der Waals surface area contributed by atoms with E-state index in [9.17, 15) is 19.6 Å². The number of aromatic nitrogens is 1. The maximum absolute atomic E-state index is 13.0. The second kappa shape index (κ2) is 12.9. The van der Waals surface area contributed by atoms with E-state index in [-0.39, 0.29) is 24.9 Å². The molecular formula is C33H41N5O5. The van der Waals surface area contributed by atoms with Crippen LogP contribution in [0.1, 0.15) is 68.0 Å². The van der Waals surface area contributed by atoms with Gasteiger partial charge in [0.05, 0.1) is 18.5 Å². The number of benzene rings is 2. The summed E-state index contributed by atoms with van der Waals surface area (Å²) in [6.07, 6.45) is 2.00.